The average Bonchev–Trinajstić information content (AvgIpc) is 2.93. The summed E-state index contributed by atoms with van der Waals surface area (Å²) in [5.74, 6) is 0. The van der Waals surface area contributed by atoms with Crippen LogP contribution in [0.15, 0.2) is 95.6 Å². The molecule has 0 aromatic heterocycles. The van der Waals surface area contributed by atoms with Gasteiger partial charge < -0.3 is 37.2 Å². The molecule has 1 aliphatic rings. The van der Waals surface area contributed by atoms with Gasteiger partial charge in [-0.05, 0) is 0 Å². The van der Waals surface area contributed by atoms with Crippen LogP contribution in [0.2, 0.25) is 9.76 Å². The second kappa shape index (κ2) is 12.8. The average molecular weight is 562 g/mol. The first-order valence-corrected chi connectivity index (χ1v) is 13.9. The minimum atomic E-state index is -1.42. The van der Waals surface area contributed by atoms with Crippen molar-refractivity contribution in [3.05, 3.63) is 112 Å². The van der Waals surface area contributed by atoms with E-state index in [1.807, 2.05) is 0 Å². The molecule has 0 heterocycles. The minimum absolute atomic E-state index is 0. The summed E-state index contributed by atoms with van der Waals surface area (Å²) in [6, 6.07) is 30.7. The third-order valence-electron chi connectivity index (χ3n) is 6.99. The summed E-state index contributed by atoms with van der Waals surface area (Å²) < 4.78 is 0.0526. The van der Waals surface area contributed by atoms with E-state index < -0.39 is 8.80 Å². The normalized spacial score (nSPS) is 17.3. The molecule has 0 fully saturated rings. The Morgan fingerprint density at radius 2 is 1.09 bits per heavy atom. The topological polar surface area (TPSA) is 0 Å². The third-order valence-corrected chi connectivity index (χ3v) is 12.3. The van der Waals surface area contributed by atoms with E-state index in [-0.39, 0.29) is 40.9 Å². The van der Waals surface area contributed by atoms with Crippen LogP contribution in [0, 0.1) is 13.8 Å². The molecule has 4 rings (SSSR count). The van der Waals surface area contributed by atoms with Crippen LogP contribution >= 0.6 is 0 Å². The van der Waals surface area contributed by atoms with Crippen LogP contribution in [0.1, 0.15) is 37.5 Å². The predicted octanol–water partition coefficient (Wildman–Crippen LogP) is -2.81. The number of aryl methyl sites for hydroxylation is 2. The Kier molecular flexibility index (Phi) is 11.6. The van der Waals surface area contributed by atoms with E-state index >= 15 is 0 Å². The molecule has 1 aliphatic carbocycles. The van der Waals surface area contributed by atoms with Gasteiger partial charge in [0.15, 0.2) is 0 Å². The van der Waals surface area contributed by atoms with Crippen molar-refractivity contribution in [1.82, 2.24) is 0 Å². The smallest absolute Gasteiger partial charge is 1.00 e. The zero-order valence-electron chi connectivity index (χ0n) is 20.4. The number of halogens is 3. The molecule has 3 aromatic carbocycles. The van der Waals surface area contributed by atoms with E-state index in [1.54, 1.807) is 11.1 Å². The van der Waals surface area contributed by atoms with E-state index in [0.717, 1.165) is 0 Å². The van der Waals surface area contributed by atoms with Gasteiger partial charge in [-0.15, -0.1) is 0 Å². The van der Waals surface area contributed by atoms with E-state index in [2.05, 4.69) is 134 Å². The molecule has 0 N–H and O–H groups in total. The van der Waals surface area contributed by atoms with Gasteiger partial charge in [-0.2, -0.15) is 0 Å². The molecule has 0 nitrogen and oxygen atoms in total. The molecule has 176 valence electrons. The molecular formula is C29H31Cl3SiTi. The molecule has 0 bridgehead atoms. The van der Waals surface area contributed by atoms with Gasteiger partial charge >= 0.3 is 202 Å². The van der Waals surface area contributed by atoms with Gasteiger partial charge in [0.2, 0.25) is 0 Å². The second-order valence-corrected chi connectivity index (χ2v) is 13.3. The SMILES string of the molecule is CC1=C(C)[C]([Ti+3])(C[SiH](c2ccccc2)c2ccccc2)C(c2cc(C)cc(C)c2)=C1C.[Cl-].[Cl-].[Cl-]. The Morgan fingerprint density at radius 1 is 0.647 bits per heavy atom. The third kappa shape index (κ3) is 6.01. The van der Waals surface area contributed by atoms with Gasteiger partial charge in [0, 0.05) is 0 Å². The maximum atomic E-state index is 2.50. The van der Waals surface area contributed by atoms with Crippen LogP contribution in [-0.2, 0) is 20.4 Å². The molecule has 34 heavy (non-hydrogen) atoms. The van der Waals surface area contributed by atoms with Crippen molar-refractivity contribution >= 4 is 24.7 Å². The van der Waals surface area contributed by atoms with Crippen LogP contribution in [0.3, 0.4) is 0 Å². The van der Waals surface area contributed by atoms with Gasteiger partial charge in [0.05, 0.1) is 0 Å². The Balaban J connectivity index is 0.00000193. The van der Waals surface area contributed by atoms with Crippen LogP contribution in [-0.4, -0.2) is 8.80 Å². The van der Waals surface area contributed by atoms with E-state index in [0.29, 0.717) is 0 Å². The van der Waals surface area contributed by atoms with Crippen molar-refractivity contribution < 1.29 is 57.7 Å². The molecule has 1 atom stereocenters. The number of hydrogen-bond acceptors (Lipinski definition) is 0. The summed E-state index contributed by atoms with van der Waals surface area (Å²) in [5.41, 5.74) is 10.1. The Hall–Kier alpha value is -1.06. The first-order valence-electron chi connectivity index (χ1n) is 11.1. The monoisotopic (exact) mass is 560 g/mol. The standard InChI is InChI=1S/C29H31Si.3ClH.Ti/c1-20-16-21(2)18-25(17-20)29-24(5)22(3)23(4)28(29)19-30(26-12-8-6-9-13-26)27-14-10-7-11-15-27;;;;/h6-18,30H,19H2,1-5H3;3*1H;/q;;;;+3/p-3. The molecule has 0 saturated carbocycles. The van der Waals surface area contributed by atoms with Gasteiger partial charge in [-0.1, -0.05) is 0 Å². The molecule has 0 spiro atoms. The summed E-state index contributed by atoms with van der Waals surface area (Å²) in [6.45, 7) is 11.5. The predicted molar refractivity (Wildman–Crippen MR) is 134 cm³/mol. The quantitative estimate of drug-likeness (QED) is 0.295. The maximum Gasteiger partial charge on any atom is -1.00 e. The number of rotatable bonds is 5. The van der Waals surface area contributed by atoms with Gasteiger partial charge in [0.1, 0.15) is 0 Å². The van der Waals surface area contributed by atoms with Crippen molar-refractivity contribution in [1.29, 1.82) is 0 Å². The molecule has 3 aromatic rings. The fraction of sp³-hybridized carbons (Fsp3) is 0.241. The molecule has 0 amide bonds. The first-order chi connectivity index (χ1) is 14.8. The summed E-state index contributed by atoms with van der Waals surface area (Å²) in [5, 5.41) is 3.06. The van der Waals surface area contributed by atoms with E-state index in [1.165, 1.54) is 44.3 Å². The minimum Gasteiger partial charge on any atom is -1.00 e. The van der Waals surface area contributed by atoms with Crippen molar-refractivity contribution in [2.24, 2.45) is 0 Å². The molecule has 0 saturated heterocycles. The number of hydrogen-bond donors (Lipinski definition) is 0. The number of benzene rings is 3. The van der Waals surface area contributed by atoms with Gasteiger partial charge in [-0.25, -0.2) is 0 Å². The zero-order valence-corrected chi connectivity index (χ0v) is 25.4. The Morgan fingerprint density at radius 3 is 1.53 bits per heavy atom. The molecule has 0 aliphatic heterocycles. The fourth-order valence-electron chi connectivity index (χ4n) is 5.24. The van der Waals surface area contributed by atoms with Crippen molar-refractivity contribution in [3.8, 4) is 0 Å². The molecule has 5 heteroatoms. The van der Waals surface area contributed by atoms with Crippen LogP contribution in [0.5, 0.6) is 0 Å². The second-order valence-electron chi connectivity index (χ2n) is 9.11. The maximum absolute atomic E-state index is 2.50. The molecule has 1 unspecified atom stereocenters. The largest absolute Gasteiger partial charge is 1.00 e. The van der Waals surface area contributed by atoms with Crippen molar-refractivity contribution in [2.45, 2.75) is 44.4 Å². The summed E-state index contributed by atoms with van der Waals surface area (Å²) in [7, 11) is -1.42. The zero-order chi connectivity index (χ0) is 22.2. The first kappa shape index (κ1) is 31.0. The van der Waals surface area contributed by atoms with Crippen molar-refractivity contribution in [3.63, 3.8) is 0 Å². The van der Waals surface area contributed by atoms with E-state index in [4.69, 9.17) is 0 Å². The van der Waals surface area contributed by atoms with Crippen molar-refractivity contribution in [2.75, 3.05) is 0 Å². The fourth-order valence-corrected chi connectivity index (χ4v) is 10.4. The Bertz CT molecular complexity index is 1110. The van der Waals surface area contributed by atoms with Gasteiger partial charge in [0.25, 0.3) is 0 Å². The molecular weight excluding hydrogens is 531 g/mol. The summed E-state index contributed by atoms with van der Waals surface area (Å²) in [4.78, 5) is 0. The van der Waals surface area contributed by atoms with Gasteiger partial charge in [-0.3, -0.25) is 0 Å². The van der Waals surface area contributed by atoms with Crippen LogP contribution < -0.4 is 47.6 Å². The summed E-state index contributed by atoms with van der Waals surface area (Å²) in [6.07, 6.45) is 0. The number of allylic oxidation sites excluding steroid dienone is 4. The van der Waals surface area contributed by atoms with Crippen LogP contribution in [0.4, 0.5) is 0 Å². The van der Waals surface area contributed by atoms with Crippen LogP contribution in [0.25, 0.3) is 5.57 Å². The summed E-state index contributed by atoms with van der Waals surface area (Å²) >= 11 is 2.50. The van der Waals surface area contributed by atoms with E-state index in [9.17, 15) is 0 Å². The molecule has 0 radical (unpaired) electrons. The Labute approximate surface area is 237 Å².